The van der Waals surface area contributed by atoms with E-state index in [-0.39, 0.29) is 30.6 Å². The van der Waals surface area contributed by atoms with Gasteiger partial charge in [0.1, 0.15) is 0 Å². The number of benzene rings is 1. The molecular formula is C16H21F2NO3. The normalized spacial score (nSPS) is 16.0. The predicted octanol–water partition coefficient (Wildman–Crippen LogP) is 1.90. The summed E-state index contributed by atoms with van der Waals surface area (Å²) in [6, 6.07) is 3.88. The number of carbonyl (C=O) groups excluding carboxylic acids is 1. The Kier molecular flexibility index (Phi) is 6.27. The molecule has 0 unspecified atom stereocenters. The minimum atomic E-state index is -0.946. The maximum atomic E-state index is 13.6. The van der Waals surface area contributed by atoms with Gasteiger partial charge in [0.25, 0.3) is 0 Å². The van der Waals surface area contributed by atoms with E-state index in [2.05, 4.69) is 0 Å². The van der Waals surface area contributed by atoms with E-state index in [1.165, 1.54) is 12.1 Å². The zero-order valence-corrected chi connectivity index (χ0v) is 12.4. The quantitative estimate of drug-likeness (QED) is 0.816. The number of aliphatic hydroxyl groups excluding tert-OH is 1. The van der Waals surface area contributed by atoms with E-state index in [1.54, 1.807) is 4.90 Å². The molecule has 1 amide bonds. The highest BCUT2D eigenvalue weighted by Crippen LogP contribution is 2.17. The van der Waals surface area contributed by atoms with E-state index in [0.717, 1.165) is 18.9 Å². The molecule has 0 atom stereocenters. The van der Waals surface area contributed by atoms with Crippen molar-refractivity contribution in [3.05, 3.63) is 35.4 Å². The summed E-state index contributed by atoms with van der Waals surface area (Å²) in [5.41, 5.74) is 0.0892. The largest absolute Gasteiger partial charge is 0.396 e. The van der Waals surface area contributed by atoms with E-state index in [9.17, 15) is 13.6 Å². The first kappa shape index (κ1) is 16.8. The molecular weight excluding hydrogens is 292 g/mol. The second-order valence-corrected chi connectivity index (χ2v) is 5.42. The number of ether oxygens (including phenoxy) is 1. The van der Waals surface area contributed by atoms with Crippen LogP contribution in [0.5, 0.6) is 0 Å². The van der Waals surface area contributed by atoms with Crippen molar-refractivity contribution in [2.75, 3.05) is 26.3 Å². The lowest BCUT2D eigenvalue weighted by Crippen LogP contribution is -2.41. The van der Waals surface area contributed by atoms with Crippen molar-refractivity contribution in [2.45, 2.75) is 31.8 Å². The summed E-state index contributed by atoms with van der Waals surface area (Å²) in [6.07, 6.45) is 2.03. The van der Waals surface area contributed by atoms with E-state index in [4.69, 9.17) is 9.84 Å². The first-order valence-electron chi connectivity index (χ1n) is 7.55. The summed E-state index contributed by atoms with van der Waals surface area (Å²) in [6.45, 7) is 1.74. The van der Waals surface area contributed by atoms with Gasteiger partial charge in [0.05, 0.1) is 12.5 Å². The highest BCUT2D eigenvalue weighted by Gasteiger charge is 2.24. The van der Waals surface area contributed by atoms with Crippen molar-refractivity contribution in [2.24, 2.45) is 0 Å². The van der Waals surface area contributed by atoms with Gasteiger partial charge in [-0.05, 0) is 25.3 Å². The van der Waals surface area contributed by atoms with Crippen LogP contribution in [0.4, 0.5) is 8.78 Å². The third kappa shape index (κ3) is 4.48. The molecule has 1 aliphatic heterocycles. The Hall–Kier alpha value is -1.53. The number of aliphatic hydroxyl groups is 1. The van der Waals surface area contributed by atoms with E-state index >= 15 is 0 Å². The second kappa shape index (κ2) is 8.19. The highest BCUT2D eigenvalue weighted by molar-refractivity contribution is 5.78. The molecule has 2 rings (SSSR count). The zero-order chi connectivity index (χ0) is 15.9. The van der Waals surface area contributed by atoms with E-state index in [1.807, 2.05) is 0 Å². The van der Waals surface area contributed by atoms with Gasteiger partial charge < -0.3 is 14.7 Å². The Morgan fingerprint density at radius 2 is 2.05 bits per heavy atom. The van der Waals surface area contributed by atoms with Crippen molar-refractivity contribution in [1.82, 2.24) is 4.90 Å². The maximum Gasteiger partial charge on any atom is 0.227 e. The van der Waals surface area contributed by atoms with Crippen LogP contribution in [0.25, 0.3) is 0 Å². The van der Waals surface area contributed by atoms with Crippen LogP contribution < -0.4 is 0 Å². The number of halogens is 2. The average Bonchev–Trinajstić information content (AvgIpc) is 2.53. The van der Waals surface area contributed by atoms with Crippen LogP contribution in [-0.4, -0.2) is 48.3 Å². The standard InChI is InChI=1S/C16H21F2NO3/c17-14-4-1-3-12(16(14)18)11-15(21)19-7-5-13(6-8-19)22-10-2-9-20/h1,3-4,13,20H,2,5-11H2. The summed E-state index contributed by atoms with van der Waals surface area (Å²) in [5.74, 6) is -2.07. The van der Waals surface area contributed by atoms with Gasteiger partial charge >= 0.3 is 0 Å². The van der Waals surface area contributed by atoms with Crippen LogP contribution in [0.2, 0.25) is 0 Å². The third-order valence-corrected chi connectivity index (χ3v) is 3.82. The lowest BCUT2D eigenvalue weighted by molar-refractivity contribution is -0.133. The van der Waals surface area contributed by atoms with Crippen molar-refractivity contribution < 1.29 is 23.4 Å². The van der Waals surface area contributed by atoms with Crippen LogP contribution in [0, 0.1) is 11.6 Å². The summed E-state index contributed by atoms with van der Waals surface area (Å²) in [4.78, 5) is 13.8. The van der Waals surface area contributed by atoms with Crippen LogP contribution in [0.3, 0.4) is 0 Å². The van der Waals surface area contributed by atoms with Crippen molar-refractivity contribution in [1.29, 1.82) is 0 Å². The molecule has 1 heterocycles. The van der Waals surface area contributed by atoms with Crippen molar-refractivity contribution in [3.8, 4) is 0 Å². The summed E-state index contributed by atoms with van der Waals surface area (Å²) in [5, 5.41) is 8.70. The number of rotatable bonds is 6. The van der Waals surface area contributed by atoms with E-state index in [0.29, 0.717) is 26.1 Å². The van der Waals surface area contributed by atoms with Crippen molar-refractivity contribution >= 4 is 5.91 Å². The number of piperidine rings is 1. The van der Waals surface area contributed by atoms with Gasteiger partial charge in [-0.3, -0.25) is 4.79 Å². The highest BCUT2D eigenvalue weighted by atomic mass is 19.2. The predicted molar refractivity (Wildman–Crippen MR) is 77.3 cm³/mol. The molecule has 0 saturated carbocycles. The molecule has 0 radical (unpaired) electrons. The number of carbonyl (C=O) groups is 1. The molecule has 1 aromatic rings. The number of likely N-dealkylation sites (tertiary alicyclic amines) is 1. The summed E-state index contributed by atoms with van der Waals surface area (Å²) in [7, 11) is 0. The first-order chi connectivity index (χ1) is 10.6. The Bertz CT molecular complexity index is 502. The monoisotopic (exact) mass is 313 g/mol. The van der Waals surface area contributed by atoms with Gasteiger partial charge in [-0.25, -0.2) is 8.78 Å². The second-order valence-electron chi connectivity index (χ2n) is 5.42. The van der Waals surface area contributed by atoms with Crippen molar-refractivity contribution in [3.63, 3.8) is 0 Å². The number of hydrogen-bond donors (Lipinski definition) is 1. The van der Waals surface area contributed by atoms with Gasteiger partial charge in [-0.2, -0.15) is 0 Å². The molecule has 122 valence electrons. The van der Waals surface area contributed by atoms with Gasteiger partial charge in [0.2, 0.25) is 5.91 Å². The fraction of sp³-hybridized carbons (Fsp3) is 0.562. The Morgan fingerprint density at radius 3 is 2.73 bits per heavy atom. The van der Waals surface area contributed by atoms with Crippen LogP contribution in [0.15, 0.2) is 18.2 Å². The third-order valence-electron chi connectivity index (χ3n) is 3.82. The molecule has 6 heteroatoms. The van der Waals surface area contributed by atoms with Crippen LogP contribution in [-0.2, 0) is 16.0 Å². The summed E-state index contributed by atoms with van der Waals surface area (Å²) < 4.78 is 32.3. The average molecular weight is 313 g/mol. The minimum Gasteiger partial charge on any atom is -0.396 e. The number of hydrogen-bond acceptors (Lipinski definition) is 3. The van der Waals surface area contributed by atoms with Crippen LogP contribution in [0.1, 0.15) is 24.8 Å². The number of amides is 1. The smallest absolute Gasteiger partial charge is 0.227 e. The molecule has 0 aliphatic carbocycles. The van der Waals surface area contributed by atoms with Gasteiger partial charge in [0.15, 0.2) is 11.6 Å². The SMILES string of the molecule is O=C(Cc1cccc(F)c1F)N1CCC(OCCCO)CC1. The van der Waals surface area contributed by atoms with E-state index < -0.39 is 11.6 Å². The molecule has 1 saturated heterocycles. The number of nitrogens with zero attached hydrogens (tertiary/aromatic N) is 1. The molecule has 1 aromatic carbocycles. The molecule has 0 spiro atoms. The minimum absolute atomic E-state index is 0.0892. The van der Waals surface area contributed by atoms with Gasteiger partial charge in [0, 0.05) is 31.9 Å². The lowest BCUT2D eigenvalue weighted by atomic mass is 10.1. The first-order valence-corrected chi connectivity index (χ1v) is 7.55. The Balaban J connectivity index is 1.81. The van der Waals surface area contributed by atoms with Gasteiger partial charge in [-0.15, -0.1) is 0 Å². The zero-order valence-electron chi connectivity index (χ0n) is 12.4. The molecule has 4 nitrogen and oxygen atoms in total. The van der Waals surface area contributed by atoms with Crippen LogP contribution >= 0.6 is 0 Å². The molecule has 0 aromatic heterocycles. The fourth-order valence-electron chi connectivity index (χ4n) is 2.55. The molecule has 22 heavy (non-hydrogen) atoms. The summed E-state index contributed by atoms with van der Waals surface area (Å²) >= 11 is 0. The Morgan fingerprint density at radius 1 is 1.32 bits per heavy atom. The fourth-order valence-corrected chi connectivity index (χ4v) is 2.55. The molecule has 1 fully saturated rings. The Labute approximate surface area is 128 Å². The maximum absolute atomic E-state index is 13.6. The molecule has 1 aliphatic rings. The lowest BCUT2D eigenvalue weighted by Gasteiger charge is -2.32. The molecule has 1 N–H and O–H groups in total. The molecule has 0 bridgehead atoms. The van der Waals surface area contributed by atoms with Gasteiger partial charge in [-0.1, -0.05) is 12.1 Å². The topological polar surface area (TPSA) is 49.8 Å².